The fraction of sp³-hybridized carbons (Fsp3) is 0.231. The molecule has 0 aliphatic heterocycles. The molecular weight excluding hydrogens is 486 g/mol. The summed E-state index contributed by atoms with van der Waals surface area (Å²) in [7, 11) is 2.82. The van der Waals surface area contributed by atoms with Gasteiger partial charge in [-0.15, -0.1) is 0 Å². The first-order valence-electron chi connectivity index (χ1n) is 11.1. The van der Waals surface area contributed by atoms with E-state index in [4.69, 9.17) is 21.1 Å². The zero-order valence-corrected chi connectivity index (χ0v) is 20.6. The van der Waals surface area contributed by atoms with Crippen LogP contribution in [0.1, 0.15) is 11.1 Å². The van der Waals surface area contributed by atoms with Gasteiger partial charge in [0.2, 0.25) is 11.7 Å². The van der Waals surface area contributed by atoms with E-state index in [1.807, 2.05) is 36.4 Å². The number of nitrogens with zero attached hydrogens (tertiary/aromatic N) is 2. The van der Waals surface area contributed by atoms with Crippen molar-refractivity contribution in [3.05, 3.63) is 99.1 Å². The summed E-state index contributed by atoms with van der Waals surface area (Å²) in [6, 6.07) is 19.6. The van der Waals surface area contributed by atoms with Crippen LogP contribution in [0.2, 0.25) is 5.02 Å². The lowest BCUT2D eigenvalue weighted by Gasteiger charge is -2.31. The fourth-order valence-corrected chi connectivity index (χ4v) is 3.89. The molecule has 0 aliphatic rings. The summed E-state index contributed by atoms with van der Waals surface area (Å²) in [6.07, 6.45) is 0.290. The Bertz CT molecular complexity index is 1220. The molecular formula is C26H26ClN3O6. The van der Waals surface area contributed by atoms with Crippen LogP contribution in [0.4, 0.5) is 5.69 Å². The zero-order valence-electron chi connectivity index (χ0n) is 19.8. The number of nitrogens with one attached hydrogen (secondary N) is 1. The lowest BCUT2D eigenvalue weighted by atomic mass is 10.0. The largest absolute Gasteiger partial charge is 0.490 e. The maximum Gasteiger partial charge on any atom is 0.311 e. The van der Waals surface area contributed by atoms with Gasteiger partial charge in [-0.3, -0.25) is 19.7 Å². The van der Waals surface area contributed by atoms with Gasteiger partial charge in [0.1, 0.15) is 11.8 Å². The van der Waals surface area contributed by atoms with E-state index in [0.717, 1.165) is 11.1 Å². The minimum absolute atomic E-state index is 0.00745. The molecule has 36 heavy (non-hydrogen) atoms. The summed E-state index contributed by atoms with van der Waals surface area (Å²) in [5.74, 6) is -0.552. The van der Waals surface area contributed by atoms with Crippen molar-refractivity contribution in [2.24, 2.45) is 0 Å². The highest BCUT2D eigenvalue weighted by Crippen LogP contribution is 2.30. The second-order valence-electron chi connectivity index (χ2n) is 7.85. The second-order valence-corrected chi connectivity index (χ2v) is 8.29. The number of amides is 2. The highest BCUT2D eigenvalue weighted by molar-refractivity contribution is 6.30. The van der Waals surface area contributed by atoms with Crippen LogP contribution in [0.3, 0.4) is 0 Å². The highest BCUT2D eigenvalue weighted by atomic mass is 35.5. The normalized spacial score (nSPS) is 11.3. The van der Waals surface area contributed by atoms with E-state index in [-0.39, 0.29) is 36.1 Å². The molecule has 3 aromatic rings. The molecule has 10 heteroatoms. The summed E-state index contributed by atoms with van der Waals surface area (Å²) in [4.78, 5) is 38.4. The minimum atomic E-state index is -0.820. The van der Waals surface area contributed by atoms with Crippen molar-refractivity contribution in [3.8, 4) is 11.5 Å². The van der Waals surface area contributed by atoms with Crippen molar-refractivity contribution in [3.63, 3.8) is 0 Å². The van der Waals surface area contributed by atoms with E-state index < -0.39 is 23.5 Å². The third kappa shape index (κ3) is 6.96. The first-order valence-corrected chi connectivity index (χ1v) is 11.4. The Balaban J connectivity index is 1.88. The Morgan fingerprint density at radius 3 is 2.42 bits per heavy atom. The van der Waals surface area contributed by atoms with Gasteiger partial charge in [0.05, 0.1) is 12.0 Å². The van der Waals surface area contributed by atoms with E-state index in [1.165, 1.54) is 37.3 Å². The molecule has 0 radical (unpaired) electrons. The van der Waals surface area contributed by atoms with Crippen LogP contribution < -0.4 is 14.8 Å². The summed E-state index contributed by atoms with van der Waals surface area (Å²) in [6.45, 7) is -0.277. The quantitative estimate of drug-likeness (QED) is 0.307. The average Bonchev–Trinajstić information content (AvgIpc) is 2.89. The number of hydrogen-bond acceptors (Lipinski definition) is 6. The topological polar surface area (TPSA) is 111 Å². The van der Waals surface area contributed by atoms with Gasteiger partial charge in [0.25, 0.3) is 5.91 Å². The van der Waals surface area contributed by atoms with Gasteiger partial charge < -0.3 is 19.7 Å². The number of methoxy groups -OCH3 is 1. The Morgan fingerprint density at radius 1 is 1.06 bits per heavy atom. The first kappa shape index (κ1) is 26.5. The number of nitro benzene ring substituents is 1. The Kier molecular flexibility index (Phi) is 9.24. The standard InChI is InChI=1S/C26H26ClN3O6/c1-28-26(32)23(14-18-7-4-3-5-8-18)29(16-19-9-6-10-20(27)13-19)25(31)17-36-21-11-12-22(30(33)34)24(15-21)35-2/h3-13,15,23H,14,16-17H2,1-2H3,(H,28,32)/t23-/m1/s1. The molecule has 0 aliphatic carbocycles. The van der Waals surface area contributed by atoms with Crippen molar-refractivity contribution in [2.45, 2.75) is 19.0 Å². The number of hydrogen-bond donors (Lipinski definition) is 1. The smallest absolute Gasteiger partial charge is 0.311 e. The van der Waals surface area contributed by atoms with E-state index in [2.05, 4.69) is 5.32 Å². The summed E-state index contributed by atoms with van der Waals surface area (Å²) in [5.41, 5.74) is 1.41. The second kappa shape index (κ2) is 12.6. The van der Waals surface area contributed by atoms with Gasteiger partial charge in [-0.05, 0) is 29.3 Å². The Labute approximate surface area is 213 Å². The lowest BCUT2D eigenvalue weighted by molar-refractivity contribution is -0.385. The van der Waals surface area contributed by atoms with Crippen molar-refractivity contribution in [1.29, 1.82) is 0 Å². The van der Waals surface area contributed by atoms with Crippen molar-refractivity contribution in [2.75, 3.05) is 20.8 Å². The summed E-state index contributed by atoms with van der Waals surface area (Å²) < 4.78 is 10.7. The number of carbonyl (C=O) groups excluding carboxylic acids is 2. The molecule has 2 amide bonds. The number of halogens is 1. The van der Waals surface area contributed by atoms with Gasteiger partial charge in [-0.2, -0.15) is 0 Å². The summed E-state index contributed by atoms with van der Waals surface area (Å²) >= 11 is 6.14. The summed E-state index contributed by atoms with van der Waals surface area (Å²) in [5, 5.41) is 14.3. The maximum atomic E-state index is 13.4. The average molecular weight is 512 g/mol. The number of carbonyl (C=O) groups is 2. The van der Waals surface area contributed by atoms with Gasteiger partial charge in [-0.1, -0.05) is 54.1 Å². The molecule has 0 unspecified atom stereocenters. The zero-order chi connectivity index (χ0) is 26.1. The number of nitro groups is 1. The van der Waals surface area contributed by atoms with Crippen molar-refractivity contribution >= 4 is 29.1 Å². The molecule has 0 bridgehead atoms. The molecule has 9 nitrogen and oxygen atoms in total. The highest BCUT2D eigenvalue weighted by Gasteiger charge is 2.30. The molecule has 0 aromatic heterocycles. The third-order valence-corrected chi connectivity index (χ3v) is 5.70. The molecule has 1 atom stereocenters. The predicted octanol–water partition coefficient (Wildman–Crippen LogP) is 4.02. The van der Waals surface area contributed by atoms with E-state index in [1.54, 1.807) is 18.2 Å². The molecule has 1 N–H and O–H groups in total. The maximum absolute atomic E-state index is 13.4. The molecule has 188 valence electrons. The number of likely N-dealkylation sites (N-methyl/N-ethyl adjacent to an activating group) is 1. The molecule has 0 spiro atoms. The predicted molar refractivity (Wildman–Crippen MR) is 135 cm³/mol. The lowest BCUT2D eigenvalue weighted by Crippen LogP contribution is -2.51. The SMILES string of the molecule is CNC(=O)[C@@H](Cc1ccccc1)N(Cc1cccc(Cl)c1)C(=O)COc1ccc([N+](=O)[O-])c(OC)c1. The van der Waals surface area contributed by atoms with Crippen LogP contribution in [-0.2, 0) is 22.6 Å². The van der Waals surface area contributed by atoms with Crippen LogP contribution in [0.15, 0.2) is 72.8 Å². The van der Waals surface area contributed by atoms with Crippen LogP contribution in [-0.4, -0.2) is 48.4 Å². The molecule has 3 aromatic carbocycles. The molecule has 0 fully saturated rings. The van der Waals surface area contributed by atoms with Crippen molar-refractivity contribution < 1.29 is 24.0 Å². The Hall–Kier alpha value is -4.11. The number of ether oxygens (including phenoxy) is 2. The first-order chi connectivity index (χ1) is 17.3. The van der Waals surface area contributed by atoms with Gasteiger partial charge in [0, 0.05) is 37.2 Å². The van der Waals surface area contributed by atoms with E-state index in [9.17, 15) is 19.7 Å². The van der Waals surface area contributed by atoms with Crippen LogP contribution in [0, 0.1) is 10.1 Å². The monoisotopic (exact) mass is 511 g/mol. The number of benzene rings is 3. The molecule has 3 rings (SSSR count). The molecule has 0 heterocycles. The van der Waals surface area contributed by atoms with Gasteiger partial charge >= 0.3 is 5.69 Å². The van der Waals surface area contributed by atoms with Gasteiger partial charge in [-0.25, -0.2) is 0 Å². The third-order valence-electron chi connectivity index (χ3n) is 5.47. The van der Waals surface area contributed by atoms with Crippen LogP contribution >= 0.6 is 11.6 Å². The fourth-order valence-electron chi connectivity index (χ4n) is 3.68. The van der Waals surface area contributed by atoms with Crippen LogP contribution in [0.5, 0.6) is 11.5 Å². The van der Waals surface area contributed by atoms with Crippen LogP contribution in [0.25, 0.3) is 0 Å². The van der Waals surface area contributed by atoms with Crippen molar-refractivity contribution in [1.82, 2.24) is 10.2 Å². The number of rotatable bonds is 11. The Morgan fingerprint density at radius 2 is 1.78 bits per heavy atom. The van der Waals surface area contributed by atoms with E-state index in [0.29, 0.717) is 5.02 Å². The van der Waals surface area contributed by atoms with E-state index >= 15 is 0 Å². The molecule has 0 saturated carbocycles. The minimum Gasteiger partial charge on any atom is -0.490 e. The van der Waals surface area contributed by atoms with Gasteiger partial charge in [0.15, 0.2) is 6.61 Å². The molecule has 0 saturated heterocycles.